The van der Waals surface area contributed by atoms with Crippen LogP contribution in [0.15, 0.2) is 71.3 Å². The summed E-state index contributed by atoms with van der Waals surface area (Å²) in [5.41, 5.74) is 2.09. The summed E-state index contributed by atoms with van der Waals surface area (Å²) in [7, 11) is 0. The normalized spacial score (nSPS) is 14.0. The van der Waals surface area contributed by atoms with Gasteiger partial charge in [0.2, 0.25) is 5.91 Å². The number of hydrogen-bond acceptors (Lipinski definition) is 7. The van der Waals surface area contributed by atoms with E-state index >= 15 is 0 Å². The van der Waals surface area contributed by atoms with Gasteiger partial charge in [0.15, 0.2) is 5.82 Å². The van der Waals surface area contributed by atoms with E-state index in [0.29, 0.717) is 35.4 Å². The number of halogens is 1. The van der Waals surface area contributed by atoms with Crippen molar-refractivity contribution in [2.45, 2.75) is 0 Å². The Bertz CT molecular complexity index is 1380. The van der Waals surface area contributed by atoms with E-state index in [2.05, 4.69) is 26.2 Å². The summed E-state index contributed by atoms with van der Waals surface area (Å²) in [5.74, 6) is 0.330. The molecule has 0 aliphatic carbocycles. The van der Waals surface area contributed by atoms with Crippen LogP contribution in [0.2, 0.25) is 5.02 Å². The van der Waals surface area contributed by atoms with Crippen molar-refractivity contribution in [2.24, 2.45) is 0 Å². The number of amides is 2. The van der Waals surface area contributed by atoms with Crippen molar-refractivity contribution in [3.05, 3.63) is 77.7 Å². The van der Waals surface area contributed by atoms with Crippen molar-refractivity contribution >= 4 is 46.6 Å². The van der Waals surface area contributed by atoms with Gasteiger partial charge in [-0.15, -0.1) is 5.10 Å². The maximum Gasteiger partial charge on any atom is 0.274 e. The summed E-state index contributed by atoms with van der Waals surface area (Å²) in [6.45, 7) is 1.42. The second-order valence-corrected chi connectivity index (χ2v) is 8.12. The second kappa shape index (κ2) is 9.82. The first-order valence-corrected chi connectivity index (χ1v) is 11.2. The van der Waals surface area contributed by atoms with E-state index in [1.54, 1.807) is 36.4 Å². The molecule has 1 saturated heterocycles. The molecule has 35 heavy (non-hydrogen) atoms. The molecule has 0 bridgehead atoms. The number of piperazine rings is 1. The zero-order chi connectivity index (χ0) is 24.2. The lowest BCUT2D eigenvalue weighted by molar-refractivity contribution is -0.120. The molecule has 0 spiro atoms. The van der Waals surface area contributed by atoms with Gasteiger partial charge in [-0.25, -0.2) is 0 Å². The van der Waals surface area contributed by atoms with Crippen molar-refractivity contribution in [2.75, 3.05) is 29.9 Å². The van der Waals surface area contributed by atoms with Gasteiger partial charge in [-0.1, -0.05) is 41.9 Å². The molecule has 1 aliphatic rings. The topological polar surface area (TPSA) is 118 Å². The van der Waals surface area contributed by atoms with Gasteiger partial charge >= 0.3 is 0 Å². The largest absolute Gasteiger partial charge is 0.465 e. The molecule has 2 aromatic carbocycles. The Kier molecular flexibility index (Phi) is 6.27. The van der Waals surface area contributed by atoms with Crippen molar-refractivity contribution in [3.63, 3.8) is 0 Å². The Morgan fingerprint density at radius 2 is 2.00 bits per heavy atom. The van der Waals surface area contributed by atoms with Crippen LogP contribution in [0.3, 0.4) is 0 Å². The first kappa shape index (κ1) is 22.4. The highest BCUT2D eigenvalue weighted by molar-refractivity contribution is 6.34. The van der Waals surface area contributed by atoms with Crippen LogP contribution >= 0.6 is 11.6 Å². The molecule has 1 aliphatic heterocycles. The van der Waals surface area contributed by atoms with Gasteiger partial charge in [0.05, 0.1) is 23.5 Å². The van der Waals surface area contributed by atoms with E-state index in [4.69, 9.17) is 16.0 Å². The zero-order valence-electron chi connectivity index (χ0n) is 18.4. The van der Waals surface area contributed by atoms with E-state index in [9.17, 15) is 9.59 Å². The molecule has 11 heteroatoms. The molecule has 0 saturated carbocycles. The van der Waals surface area contributed by atoms with Gasteiger partial charge in [0, 0.05) is 30.4 Å². The van der Waals surface area contributed by atoms with Crippen LogP contribution in [0.5, 0.6) is 0 Å². The maximum absolute atomic E-state index is 13.4. The van der Waals surface area contributed by atoms with Crippen LogP contribution < -0.4 is 15.5 Å². The average Bonchev–Trinajstić information content (AvgIpc) is 3.55. The Morgan fingerprint density at radius 1 is 1.14 bits per heavy atom. The number of carbonyl (C=O) groups is 2. The van der Waals surface area contributed by atoms with Gasteiger partial charge in [-0.3, -0.25) is 9.59 Å². The number of rotatable bonds is 6. The summed E-state index contributed by atoms with van der Waals surface area (Å²) in [4.78, 5) is 27.0. The highest BCUT2D eigenvalue weighted by atomic mass is 35.5. The molecule has 2 amide bonds. The fourth-order valence-corrected chi connectivity index (χ4v) is 4.03. The van der Waals surface area contributed by atoms with Crippen molar-refractivity contribution in [1.82, 2.24) is 25.5 Å². The third-order valence-corrected chi connectivity index (χ3v) is 5.67. The summed E-state index contributed by atoms with van der Waals surface area (Å²) >= 11 is 6.50. The van der Waals surface area contributed by atoms with Crippen molar-refractivity contribution in [1.29, 1.82) is 0 Å². The summed E-state index contributed by atoms with van der Waals surface area (Å²) in [6.07, 6.45) is 3.07. The predicted octanol–water partition coefficient (Wildman–Crippen LogP) is 3.16. The molecule has 2 N–H and O–H groups in total. The van der Waals surface area contributed by atoms with Crippen LogP contribution in [-0.2, 0) is 9.59 Å². The highest BCUT2D eigenvalue weighted by Gasteiger charge is 2.22. The number of anilines is 2. The molecule has 1 fully saturated rings. The van der Waals surface area contributed by atoms with E-state index < -0.39 is 5.91 Å². The molecule has 2 aromatic heterocycles. The number of aromatic nitrogens is 4. The van der Waals surface area contributed by atoms with Gasteiger partial charge in [-0.05, 0) is 40.8 Å². The Hall–Kier alpha value is -4.44. The Balaban J connectivity index is 1.45. The SMILES string of the molecule is O=C1CN(c2ccc(NC(=O)/C(=C\c3ccco3)n3nnnc3-c3ccccc3)cc2Cl)CCN1. The van der Waals surface area contributed by atoms with Crippen LogP contribution in [0, 0.1) is 0 Å². The standard InChI is InChI=1S/C24H20ClN7O3/c25-19-13-17(8-9-20(19)31-11-10-26-22(33)15-31)27-24(34)21(14-18-7-4-12-35-18)32-23(28-29-30-32)16-5-2-1-3-6-16/h1-9,12-14H,10-11,15H2,(H,26,33)(H,27,34)/b21-14+. The second-order valence-electron chi connectivity index (χ2n) is 7.72. The number of tetrazole rings is 1. The van der Waals surface area contributed by atoms with E-state index in [-0.39, 0.29) is 18.1 Å². The molecule has 4 aromatic rings. The lowest BCUT2D eigenvalue weighted by Gasteiger charge is -2.29. The smallest absolute Gasteiger partial charge is 0.274 e. The van der Waals surface area contributed by atoms with Crippen LogP contribution in [0.25, 0.3) is 23.2 Å². The minimum atomic E-state index is -0.466. The fourth-order valence-electron chi connectivity index (χ4n) is 3.73. The molecule has 0 radical (unpaired) electrons. The Morgan fingerprint density at radius 3 is 2.74 bits per heavy atom. The van der Waals surface area contributed by atoms with Crippen LogP contribution in [0.1, 0.15) is 5.76 Å². The molecule has 3 heterocycles. The van der Waals surface area contributed by atoms with Gasteiger partial charge < -0.3 is 20.0 Å². The molecule has 0 atom stereocenters. The predicted molar refractivity (Wildman–Crippen MR) is 131 cm³/mol. The monoisotopic (exact) mass is 489 g/mol. The van der Waals surface area contributed by atoms with E-state index in [0.717, 1.165) is 11.3 Å². The molecular formula is C24H20ClN7O3. The lowest BCUT2D eigenvalue weighted by Crippen LogP contribution is -2.47. The fraction of sp³-hybridized carbons (Fsp3) is 0.125. The van der Waals surface area contributed by atoms with Crippen LogP contribution in [-0.4, -0.2) is 51.7 Å². The summed E-state index contributed by atoms with van der Waals surface area (Å²) in [5, 5.41) is 18.0. The number of carbonyl (C=O) groups excluding carboxylic acids is 2. The minimum Gasteiger partial charge on any atom is -0.465 e. The lowest BCUT2D eigenvalue weighted by atomic mass is 10.2. The van der Waals surface area contributed by atoms with E-state index in [1.807, 2.05) is 35.2 Å². The minimum absolute atomic E-state index is 0.0620. The Labute approximate surface area is 205 Å². The third-order valence-electron chi connectivity index (χ3n) is 5.37. The van der Waals surface area contributed by atoms with Gasteiger partial charge in [-0.2, -0.15) is 4.68 Å². The average molecular weight is 490 g/mol. The third kappa shape index (κ3) is 4.92. The van der Waals surface area contributed by atoms with Crippen LogP contribution in [0.4, 0.5) is 11.4 Å². The quantitative estimate of drug-likeness (QED) is 0.399. The number of nitrogens with one attached hydrogen (secondary N) is 2. The number of benzene rings is 2. The summed E-state index contributed by atoms with van der Waals surface area (Å²) in [6, 6.07) is 17.9. The first-order valence-electron chi connectivity index (χ1n) is 10.8. The number of hydrogen-bond donors (Lipinski definition) is 2. The molecule has 10 nitrogen and oxygen atoms in total. The molecular weight excluding hydrogens is 470 g/mol. The molecule has 0 unspecified atom stereocenters. The maximum atomic E-state index is 13.4. The number of nitrogens with zero attached hydrogens (tertiary/aromatic N) is 5. The zero-order valence-corrected chi connectivity index (χ0v) is 19.1. The van der Waals surface area contributed by atoms with Crippen molar-refractivity contribution < 1.29 is 14.0 Å². The van der Waals surface area contributed by atoms with Gasteiger partial charge in [0.1, 0.15) is 11.5 Å². The molecule has 5 rings (SSSR count). The summed E-state index contributed by atoms with van der Waals surface area (Å²) < 4.78 is 6.78. The molecule has 176 valence electrons. The number of furan rings is 1. The first-order chi connectivity index (χ1) is 17.1. The van der Waals surface area contributed by atoms with Gasteiger partial charge in [0.25, 0.3) is 5.91 Å². The van der Waals surface area contributed by atoms with Crippen molar-refractivity contribution in [3.8, 4) is 11.4 Å². The highest BCUT2D eigenvalue weighted by Crippen LogP contribution is 2.30. The van der Waals surface area contributed by atoms with E-state index in [1.165, 1.54) is 10.9 Å².